The van der Waals surface area contributed by atoms with Gasteiger partial charge in [-0.05, 0) is 0 Å². The van der Waals surface area contributed by atoms with Crippen LogP contribution in [0, 0.1) is 13.8 Å². The summed E-state index contributed by atoms with van der Waals surface area (Å²) in [6, 6.07) is 44.2. The van der Waals surface area contributed by atoms with E-state index < -0.39 is 0 Å². The van der Waals surface area contributed by atoms with Gasteiger partial charge in [-0.1, -0.05) is 12.1 Å². The maximum atomic E-state index is 4.84. The molecular formula is C42H29N3Se. The molecule has 0 fully saturated rings. The number of hydrogen-bond acceptors (Lipinski definition) is 3. The molecule has 3 nitrogen and oxygen atoms in total. The van der Waals surface area contributed by atoms with Crippen molar-refractivity contribution >= 4 is 33.8 Å². The first-order chi connectivity index (χ1) is 22.7. The van der Waals surface area contributed by atoms with Crippen LogP contribution in [-0.2, 0) is 6.42 Å². The Bertz CT molecular complexity index is 2470. The molecule has 0 saturated carbocycles. The summed E-state index contributed by atoms with van der Waals surface area (Å²) >= 11 is 0.251. The molecule has 0 atom stereocenters. The van der Waals surface area contributed by atoms with E-state index in [0.717, 1.165) is 28.8 Å². The molecule has 0 unspecified atom stereocenters. The molecule has 0 spiro atoms. The van der Waals surface area contributed by atoms with Crippen LogP contribution in [0.2, 0.25) is 0 Å². The van der Waals surface area contributed by atoms with Crippen molar-refractivity contribution in [2.75, 3.05) is 0 Å². The van der Waals surface area contributed by atoms with Crippen LogP contribution in [0.4, 0.5) is 0 Å². The number of hydrogen-bond donors (Lipinski definition) is 0. The molecule has 0 saturated heterocycles. The van der Waals surface area contributed by atoms with Crippen molar-refractivity contribution in [1.29, 1.82) is 0 Å². The third kappa shape index (κ3) is 4.15. The Morgan fingerprint density at radius 2 is 1.33 bits per heavy atom. The zero-order valence-electron chi connectivity index (χ0n) is 25.6. The Morgan fingerprint density at radius 3 is 2.20 bits per heavy atom. The number of rotatable bonds is 4. The molecule has 0 bridgehead atoms. The number of aromatic nitrogens is 3. The molecule has 218 valence electrons. The van der Waals surface area contributed by atoms with Crippen LogP contribution in [-0.4, -0.2) is 29.9 Å². The molecule has 0 radical (unpaired) electrons. The predicted octanol–water partition coefficient (Wildman–Crippen LogP) is 10.1. The van der Waals surface area contributed by atoms with Crippen molar-refractivity contribution in [3.05, 3.63) is 150 Å². The molecule has 4 heteroatoms. The van der Waals surface area contributed by atoms with Crippen LogP contribution in [0.25, 0.3) is 75.1 Å². The van der Waals surface area contributed by atoms with Crippen molar-refractivity contribution in [3.8, 4) is 55.8 Å². The molecule has 1 aliphatic rings. The van der Waals surface area contributed by atoms with E-state index in [-0.39, 0.29) is 14.5 Å². The number of benzene rings is 6. The summed E-state index contributed by atoms with van der Waals surface area (Å²) in [5.41, 5.74) is 17.0. The average Bonchev–Trinajstić information content (AvgIpc) is 3.67. The van der Waals surface area contributed by atoms with Crippen molar-refractivity contribution in [1.82, 2.24) is 15.4 Å². The van der Waals surface area contributed by atoms with Crippen molar-refractivity contribution in [2.24, 2.45) is 0 Å². The van der Waals surface area contributed by atoms with Crippen LogP contribution in [0.3, 0.4) is 0 Å². The van der Waals surface area contributed by atoms with E-state index in [9.17, 15) is 0 Å². The van der Waals surface area contributed by atoms with E-state index in [1.807, 2.05) is 6.20 Å². The molecule has 0 N–H and O–H groups in total. The summed E-state index contributed by atoms with van der Waals surface area (Å²) < 4.78 is 2.85. The molecule has 2 heterocycles. The van der Waals surface area contributed by atoms with Gasteiger partial charge in [-0.3, -0.25) is 0 Å². The van der Waals surface area contributed by atoms with Gasteiger partial charge in [-0.25, -0.2) is 0 Å². The quantitative estimate of drug-likeness (QED) is 0.177. The fraction of sp³-hybridized carbons (Fsp3) is 0.0714. The topological polar surface area (TPSA) is 38.7 Å². The molecule has 6 aromatic carbocycles. The molecule has 1 aliphatic carbocycles. The number of aryl methyl sites for hydroxylation is 1. The third-order valence-corrected chi connectivity index (χ3v) is 12.0. The summed E-state index contributed by atoms with van der Waals surface area (Å²) in [6.45, 7) is 4.45. The predicted molar refractivity (Wildman–Crippen MR) is 191 cm³/mol. The van der Waals surface area contributed by atoms with Gasteiger partial charge in [0.2, 0.25) is 0 Å². The van der Waals surface area contributed by atoms with Crippen molar-refractivity contribution < 1.29 is 0 Å². The van der Waals surface area contributed by atoms with Crippen LogP contribution >= 0.6 is 0 Å². The number of nitrogens with zero attached hydrogens (tertiary/aromatic N) is 3. The van der Waals surface area contributed by atoms with Crippen LogP contribution < -0.4 is 0 Å². The Kier molecular flexibility index (Phi) is 6.34. The van der Waals surface area contributed by atoms with E-state index in [2.05, 4.69) is 145 Å². The van der Waals surface area contributed by atoms with E-state index in [1.165, 1.54) is 74.9 Å². The Balaban J connectivity index is 1.35. The summed E-state index contributed by atoms with van der Waals surface area (Å²) in [5.74, 6) is 0. The second-order valence-electron chi connectivity index (χ2n) is 12.1. The first-order valence-corrected chi connectivity index (χ1v) is 17.4. The third-order valence-electron chi connectivity index (χ3n) is 9.62. The standard InChI is InChI=1S/C42H29N3Se/c1-25-22-34-29-15-7-6-14-28(29)23-35(34)39(26(25)2)36-24-43-45-44-42(36)32-17-9-8-16-31(32)40-30(27-12-4-3-5-13-27)20-21-38-41(40)33-18-10-11-19-37(33)46-38/h3-22,24H,23H2,1-2H3. The van der Waals surface area contributed by atoms with Gasteiger partial charge >= 0.3 is 263 Å². The van der Waals surface area contributed by atoms with Gasteiger partial charge in [0.25, 0.3) is 0 Å². The maximum absolute atomic E-state index is 4.84. The van der Waals surface area contributed by atoms with Crippen LogP contribution in [0.1, 0.15) is 22.3 Å². The Morgan fingerprint density at radius 1 is 0.587 bits per heavy atom. The fourth-order valence-corrected chi connectivity index (χ4v) is 9.74. The van der Waals surface area contributed by atoms with Gasteiger partial charge in [0.1, 0.15) is 0 Å². The van der Waals surface area contributed by atoms with Gasteiger partial charge in [0.15, 0.2) is 0 Å². The SMILES string of the molecule is Cc1cc2c(c(-c3cnnnc3-c3ccccc3-c3c(-c4ccccc4)ccc4[se]c5ccccc5c34)c1C)Cc1ccccc1-2. The van der Waals surface area contributed by atoms with Gasteiger partial charge < -0.3 is 0 Å². The summed E-state index contributed by atoms with van der Waals surface area (Å²) in [6.07, 6.45) is 2.82. The summed E-state index contributed by atoms with van der Waals surface area (Å²) in [4.78, 5) is 0. The van der Waals surface area contributed by atoms with Gasteiger partial charge in [-0.15, -0.1) is 0 Å². The van der Waals surface area contributed by atoms with E-state index >= 15 is 0 Å². The molecule has 8 aromatic rings. The second-order valence-corrected chi connectivity index (χ2v) is 14.4. The average molecular weight is 655 g/mol. The normalized spacial score (nSPS) is 12.0. The molecule has 46 heavy (non-hydrogen) atoms. The first-order valence-electron chi connectivity index (χ1n) is 15.7. The molecular weight excluding hydrogens is 625 g/mol. The second kappa shape index (κ2) is 10.7. The van der Waals surface area contributed by atoms with E-state index in [4.69, 9.17) is 5.10 Å². The Hall–Kier alpha value is -5.15. The molecule has 2 aromatic heterocycles. The van der Waals surface area contributed by atoms with Gasteiger partial charge in [-0.2, -0.15) is 0 Å². The number of fused-ring (bicyclic) bond motifs is 6. The molecule has 0 amide bonds. The summed E-state index contributed by atoms with van der Waals surface area (Å²) in [7, 11) is 0. The zero-order chi connectivity index (χ0) is 30.8. The van der Waals surface area contributed by atoms with Gasteiger partial charge in [0.05, 0.1) is 0 Å². The summed E-state index contributed by atoms with van der Waals surface area (Å²) in [5, 5.41) is 16.2. The molecule has 9 rings (SSSR count). The monoisotopic (exact) mass is 655 g/mol. The van der Waals surface area contributed by atoms with Gasteiger partial charge in [0, 0.05) is 0 Å². The Labute approximate surface area is 274 Å². The van der Waals surface area contributed by atoms with Crippen molar-refractivity contribution in [3.63, 3.8) is 0 Å². The van der Waals surface area contributed by atoms with E-state index in [0.29, 0.717) is 0 Å². The molecule has 0 aliphatic heterocycles. The van der Waals surface area contributed by atoms with Crippen molar-refractivity contribution in [2.45, 2.75) is 20.3 Å². The zero-order valence-corrected chi connectivity index (χ0v) is 27.3. The minimum absolute atomic E-state index is 0.251. The fourth-order valence-electron chi connectivity index (χ4n) is 7.40. The van der Waals surface area contributed by atoms with Crippen LogP contribution in [0.5, 0.6) is 0 Å². The first kappa shape index (κ1) is 27.2. The minimum atomic E-state index is 0.251. The van der Waals surface area contributed by atoms with Crippen LogP contribution in [0.15, 0.2) is 128 Å². The van der Waals surface area contributed by atoms with E-state index in [1.54, 1.807) is 0 Å².